The van der Waals surface area contributed by atoms with Gasteiger partial charge in [-0.25, -0.2) is 0 Å². The molecule has 0 atom stereocenters. The maximum Gasteiger partial charge on any atom is 0.224 e. The lowest BCUT2D eigenvalue weighted by Gasteiger charge is -2.26. The standard InChI is InChI=1S/C21H33N3O2S/c1-3-10-24(11-4-2)21(26)9-8-20(25)22-19-7-5-6-18(16-19)17-23-12-14-27-15-13-23/h5-7,16H,3-4,8-15,17H2,1-2H3,(H,22,25). The van der Waals surface area contributed by atoms with Crippen molar-refractivity contribution >= 4 is 29.3 Å². The van der Waals surface area contributed by atoms with Gasteiger partial charge in [-0.15, -0.1) is 0 Å². The first-order valence-corrected chi connectivity index (χ1v) is 11.2. The second kappa shape index (κ2) is 12.0. The summed E-state index contributed by atoms with van der Waals surface area (Å²) in [5.74, 6) is 2.36. The Bertz CT molecular complexity index is 597. The van der Waals surface area contributed by atoms with Gasteiger partial charge < -0.3 is 10.2 Å². The van der Waals surface area contributed by atoms with Crippen molar-refractivity contribution in [2.24, 2.45) is 0 Å². The normalized spacial score (nSPS) is 14.7. The Morgan fingerprint density at radius 3 is 2.48 bits per heavy atom. The number of carbonyl (C=O) groups is 2. The first kappa shape index (κ1) is 21.8. The molecule has 0 spiro atoms. The molecule has 0 radical (unpaired) electrons. The Morgan fingerprint density at radius 1 is 1.11 bits per heavy atom. The SMILES string of the molecule is CCCN(CCC)C(=O)CCC(=O)Nc1cccc(CN2CCSCC2)c1. The third-order valence-electron chi connectivity index (χ3n) is 4.63. The topological polar surface area (TPSA) is 52.7 Å². The van der Waals surface area contributed by atoms with Crippen LogP contribution in [0.25, 0.3) is 0 Å². The van der Waals surface area contributed by atoms with Gasteiger partial charge in [-0.2, -0.15) is 11.8 Å². The van der Waals surface area contributed by atoms with Gasteiger partial charge in [0.15, 0.2) is 0 Å². The molecule has 0 unspecified atom stereocenters. The Kier molecular flexibility index (Phi) is 9.70. The van der Waals surface area contributed by atoms with E-state index >= 15 is 0 Å². The number of hydrogen-bond acceptors (Lipinski definition) is 4. The van der Waals surface area contributed by atoms with Gasteiger partial charge in [0, 0.05) is 62.8 Å². The van der Waals surface area contributed by atoms with Gasteiger partial charge >= 0.3 is 0 Å². The summed E-state index contributed by atoms with van der Waals surface area (Å²) in [5, 5.41) is 2.95. The Morgan fingerprint density at radius 2 is 1.81 bits per heavy atom. The highest BCUT2D eigenvalue weighted by Crippen LogP contribution is 2.16. The fraction of sp³-hybridized carbons (Fsp3) is 0.619. The van der Waals surface area contributed by atoms with E-state index in [9.17, 15) is 9.59 Å². The van der Waals surface area contributed by atoms with Gasteiger partial charge in [0.05, 0.1) is 0 Å². The Labute approximate surface area is 167 Å². The summed E-state index contributed by atoms with van der Waals surface area (Å²) in [6.07, 6.45) is 2.40. The molecule has 27 heavy (non-hydrogen) atoms. The van der Waals surface area contributed by atoms with Crippen LogP contribution in [0.15, 0.2) is 24.3 Å². The monoisotopic (exact) mass is 391 g/mol. The summed E-state index contributed by atoms with van der Waals surface area (Å²) >= 11 is 2.01. The van der Waals surface area contributed by atoms with Crippen LogP contribution in [-0.4, -0.2) is 59.3 Å². The van der Waals surface area contributed by atoms with E-state index in [4.69, 9.17) is 0 Å². The lowest BCUT2D eigenvalue weighted by atomic mass is 10.1. The zero-order valence-electron chi connectivity index (χ0n) is 16.7. The molecule has 1 saturated heterocycles. The summed E-state index contributed by atoms with van der Waals surface area (Å²) < 4.78 is 0. The van der Waals surface area contributed by atoms with Gasteiger partial charge in [-0.3, -0.25) is 14.5 Å². The quantitative estimate of drug-likeness (QED) is 0.662. The molecule has 0 aromatic heterocycles. The molecule has 1 aliphatic rings. The van der Waals surface area contributed by atoms with Crippen LogP contribution in [0.2, 0.25) is 0 Å². The minimum atomic E-state index is -0.0946. The predicted molar refractivity (Wildman–Crippen MR) is 114 cm³/mol. The molecule has 0 bridgehead atoms. The number of amides is 2. The van der Waals surface area contributed by atoms with Crippen LogP contribution in [0.4, 0.5) is 5.69 Å². The predicted octanol–water partition coefficient (Wildman–Crippen LogP) is 3.60. The number of nitrogens with one attached hydrogen (secondary N) is 1. The number of nitrogens with zero attached hydrogens (tertiary/aromatic N) is 2. The van der Waals surface area contributed by atoms with Crippen molar-refractivity contribution in [2.45, 2.75) is 46.1 Å². The number of benzene rings is 1. The maximum atomic E-state index is 12.3. The molecule has 1 fully saturated rings. The third-order valence-corrected chi connectivity index (χ3v) is 5.57. The summed E-state index contributed by atoms with van der Waals surface area (Å²) in [7, 11) is 0. The van der Waals surface area contributed by atoms with Crippen LogP contribution in [0.5, 0.6) is 0 Å². The molecule has 6 heteroatoms. The summed E-state index contributed by atoms with van der Waals surface area (Å²) in [5.41, 5.74) is 2.03. The highest BCUT2D eigenvalue weighted by Gasteiger charge is 2.14. The van der Waals surface area contributed by atoms with Gasteiger partial charge in [-0.05, 0) is 30.5 Å². The smallest absolute Gasteiger partial charge is 0.224 e. The number of carbonyl (C=O) groups excluding carboxylic acids is 2. The number of thioether (sulfide) groups is 1. The molecule has 0 aliphatic carbocycles. The fourth-order valence-electron chi connectivity index (χ4n) is 3.27. The van der Waals surface area contributed by atoms with Crippen molar-refractivity contribution in [2.75, 3.05) is 43.0 Å². The van der Waals surface area contributed by atoms with Crippen LogP contribution in [0.3, 0.4) is 0 Å². The summed E-state index contributed by atoms with van der Waals surface area (Å²) in [4.78, 5) is 28.9. The zero-order chi connectivity index (χ0) is 19.5. The second-order valence-corrected chi connectivity index (χ2v) is 8.24. The third kappa shape index (κ3) is 7.93. The van der Waals surface area contributed by atoms with Crippen molar-refractivity contribution in [1.29, 1.82) is 0 Å². The molecule has 5 nitrogen and oxygen atoms in total. The number of anilines is 1. The molecule has 2 amide bonds. The molecular formula is C21H33N3O2S. The molecular weight excluding hydrogens is 358 g/mol. The van der Waals surface area contributed by atoms with E-state index in [1.54, 1.807) is 0 Å². The van der Waals surface area contributed by atoms with E-state index in [0.29, 0.717) is 0 Å². The highest BCUT2D eigenvalue weighted by atomic mass is 32.2. The molecule has 1 heterocycles. The first-order chi connectivity index (χ1) is 13.1. The van der Waals surface area contributed by atoms with Crippen LogP contribution < -0.4 is 5.32 Å². The van der Waals surface area contributed by atoms with Crippen molar-refractivity contribution in [3.63, 3.8) is 0 Å². The van der Waals surface area contributed by atoms with Gasteiger partial charge in [0.25, 0.3) is 0 Å². The van der Waals surface area contributed by atoms with E-state index in [1.807, 2.05) is 34.9 Å². The van der Waals surface area contributed by atoms with Crippen molar-refractivity contribution in [3.05, 3.63) is 29.8 Å². The molecule has 1 aromatic rings. The van der Waals surface area contributed by atoms with E-state index < -0.39 is 0 Å². The summed E-state index contributed by atoms with van der Waals surface area (Å²) in [6, 6.07) is 8.05. The molecule has 0 saturated carbocycles. The number of hydrogen-bond donors (Lipinski definition) is 1. The number of rotatable bonds is 10. The fourth-order valence-corrected chi connectivity index (χ4v) is 4.25. The van der Waals surface area contributed by atoms with E-state index in [-0.39, 0.29) is 24.7 Å². The average molecular weight is 392 g/mol. The molecule has 1 aliphatic heterocycles. The van der Waals surface area contributed by atoms with Crippen LogP contribution in [0.1, 0.15) is 45.1 Å². The average Bonchev–Trinajstić information content (AvgIpc) is 2.67. The first-order valence-electron chi connectivity index (χ1n) is 10.1. The molecule has 1 N–H and O–H groups in total. The van der Waals surface area contributed by atoms with Gasteiger partial charge in [0.1, 0.15) is 0 Å². The van der Waals surface area contributed by atoms with Gasteiger partial charge in [0.2, 0.25) is 11.8 Å². The van der Waals surface area contributed by atoms with Gasteiger partial charge in [-0.1, -0.05) is 26.0 Å². The molecule has 2 rings (SSSR count). The van der Waals surface area contributed by atoms with E-state index in [1.165, 1.54) is 17.1 Å². The largest absolute Gasteiger partial charge is 0.343 e. The maximum absolute atomic E-state index is 12.3. The minimum absolute atomic E-state index is 0.0746. The lowest BCUT2D eigenvalue weighted by molar-refractivity contribution is -0.132. The Balaban J connectivity index is 1.80. The van der Waals surface area contributed by atoms with Crippen LogP contribution >= 0.6 is 11.8 Å². The minimum Gasteiger partial charge on any atom is -0.343 e. The second-order valence-electron chi connectivity index (χ2n) is 7.02. The molecule has 1 aromatic carbocycles. The van der Waals surface area contributed by atoms with E-state index in [2.05, 4.69) is 30.1 Å². The molecule has 150 valence electrons. The van der Waals surface area contributed by atoms with E-state index in [0.717, 1.165) is 51.3 Å². The van der Waals surface area contributed by atoms with Crippen molar-refractivity contribution < 1.29 is 9.59 Å². The zero-order valence-corrected chi connectivity index (χ0v) is 17.5. The highest BCUT2D eigenvalue weighted by molar-refractivity contribution is 7.99. The summed E-state index contributed by atoms with van der Waals surface area (Å²) in [6.45, 7) is 8.84. The van der Waals surface area contributed by atoms with Crippen molar-refractivity contribution in [3.8, 4) is 0 Å². The lowest BCUT2D eigenvalue weighted by Crippen LogP contribution is -2.33. The van der Waals surface area contributed by atoms with Crippen LogP contribution in [-0.2, 0) is 16.1 Å². The van der Waals surface area contributed by atoms with Crippen molar-refractivity contribution in [1.82, 2.24) is 9.80 Å². The van der Waals surface area contributed by atoms with Crippen LogP contribution in [0, 0.1) is 0 Å². The Hall–Kier alpha value is -1.53.